The molecule has 3 aromatic rings. The summed E-state index contributed by atoms with van der Waals surface area (Å²) >= 11 is 1.55. The molecule has 3 rings (SSSR count). The summed E-state index contributed by atoms with van der Waals surface area (Å²) in [5.74, 6) is -0.194. The third-order valence-corrected chi connectivity index (χ3v) is 4.77. The summed E-state index contributed by atoms with van der Waals surface area (Å²) in [5.41, 5.74) is 5.27. The van der Waals surface area contributed by atoms with E-state index >= 15 is 0 Å². The molecule has 0 N–H and O–H groups in total. The van der Waals surface area contributed by atoms with E-state index in [4.69, 9.17) is 0 Å². The molecular formula is C18H18N2OS. The van der Waals surface area contributed by atoms with Gasteiger partial charge in [0.25, 0.3) is 5.91 Å². The third kappa shape index (κ3) is 2.62. The maximum Gasteiger partial charge on any atom is 0.279 e. The van der Waals surface area contributed by atoms with Crippen molar-refractivity contribution in [1.29, 1.82) is 0 Å². The molecule has 0 bridgehead atoms. The molecule has 0 spiro atoms. The van der Waals surface area contributed by atoms with Crippen LogP contribution in [-0.2, 0) is 7.05 Å². The highest BCUT2D eigenvalue weighted by molar-refractivity contribution is 7.16. The number of hydrogen-bond donors (Lipinski definition) is 0. The standard InChI is InChI=1S/C18H18N2OS/c1-11-6-5-7-14(9-11)17(21)19-18-20(4)16-13(3)8-12(2)10-15(16)22-18/h5-10H,1-4H3. The van der Waals surface area contributed by atoms with Crippen molar-refractivity contribution >= 4 is 27.5 Å². The maximum absolute atomic E-state index is 12.4. The van der Waals surface area contributed by atoms with E-state index in [1.807, 2.05) is 42.8 Å². The predicted octanol–water partition coefficient (Wildman–Crippen LogP) is 3.91. The van der Waals surface area contributed by atoms with Gasteiger partial charge >= 0.3 is 0 Å². The average Bonchev–Trinajstić information content (AvgIpc) is 2.75. The van der Waals surface area contributed by atoms with Gasteiger partial charge in [0.05, 0.1) is 10.2 Å². The van der Waals surface area contributed by atoms with Gasteiger partial charge in [-0.05, 0) is 50.1 Å². The lowest BCUT2D eigenvalue weighted by Crippen LogP contribution is -2.13. The van der Waals surface area contributed by atoms with Crippen LogP contribution < -0.4 is 4.80 Å². The molecule has 22 heavy (non-hydrogen) atoms. The normalized spacial score (nSPS) is 12.1. The molecule has 0 aliphatic heterocycles. The van der Waals surface area contributed by atoms with Crippen LogP contribution in [-0.4, -0.2) is 10.5 Å². The first kappa shape index (κ1) is 14.7. The largest absolute Gasteiger partial charge is 0.319 e. The Morgan fingerprint density at radius 3 is 2.59 bits per heavy atom. The Bertz CT molecular complexity index is 947. The predicted molar refractivity (Wildman–Crippen MR) is 91.3 cm³/mol. The Labute approximate surface area is 133 Å². The van der Waals surface area contributed by atoms with E-state index in [1.165, 1.54) is 11.1 Å². The molecule has 1 heterocycles. The van der Waals surface area contributed by atoms with Crippen LogP contribution in [0.5, 0.6) is 0 Å². The zero-order valence-corrected chi connectivity index (χ0v) is 14.0. The lowest BCUT2D eigenvalue weighted by Gasteiger charge is -2.01. The molecule has 2 aromatic carbocycles. The van der Waals surface area contributed by atoms with Gasteiger partial charge in [-0.15, -0.1) is 0 Å². The number of amides is 1. The molecule has 0 aliphatic rings. The molecule has 0 atom stereocenters. The van der Waals surface area contributed by atoms with Gasteiger partial charge in [-0.25, -0.2) is 0 Å². The minimum atomic E-state index is -0.194. The van der Waals surface area contributed by atoms with Crippen LogP contribution >= 0.6 is 11.3 Å². The number of thiazole rings is 1. The number of aromatic nitrogens is 1. The van der Waals surface area contributed by atoms with Crippen molar-refractivity contribution in [1.82, 2.24) is 4.57 Å². The highest BCUT2D eigenvalue weighted by atomic mass is 32.1. The van der Waals surface area contributed by atoms with Crippen LogP contribution in [0.15, 0.2) is 41.4 Å². The summed E-state index contributed by atoms with van der Waals surface area (Å²) in [6.07, 6.45) is 0. The van der Waals surface area contributed by atoms with E-state index in [0.29, 0.717) is 5.56 Å². The average molecular weight is 310 g/mol. The molecular weight excluding hydrogens is 292 g/mol. The zero-order chi connectivity index (χ0) is 15.9. The fraction of sp³-hybridized carbons (Fsp3) is 0.222. The summed E-state index contributed by atoms with van der Waals surface area (Å²) in [4.78, 5) is 17.4. The number of carbonyl (C=O) groups is 1. The molecule has 4 heteroatoms. The Kier molecular flexibility index (Phi) is 3.71. The van der Waals surface area contributed by atoms with Crippen molar-refractivity contribution in [2.45, 2.75) is 20.8 Å². The lowest BCUT2D eigenvalue weighted by atomic mass is 10.1. The number of rotatable bonds is 1. The van der Waals surface area contributed by atoms with E-state index in [-0.39, 0.29) is 5.91 Å². The second kappa shape index (κ2) is 5.54. The number of aryl methyl sites for hydroxylation is 4. The maximum atomic E-state index is 12.4. The second-order valence-electron chi connectivity index (χ2n) is 5.66. The van der Waals surface area contributed by atoms with Crippen LogP contribution in [0.4, 0.5) is 0 Å². The van der Waals surface area contributed by atoms with Gasteiger partial charge in [0, 0.05) is 12.6 Å². The Hall–Kier alpha value is -2.20. The van der Waals surface area contributed by atoms with Crippen molar-refractivity contribution in [2.75, 3.05) is 0 Å². The van der Waals surface area contributed by atoms with Gasteiger partial charge in [-0.3, -0.25) is 4.79 Å². The minimum absolute atomic E-state index is 0.194. The zero-order valence-electron chi connectivity index (χ0n) is 13.2. The molecule has 0 saturated carbocycles. The highest BCUT2D eigenvalue weighted by Gasteiger charge is 2.09. The van der Waals surface area contributed by atoms with Crippen molar-refractivity contribution in [3.8, 4) is 0 Å². The number of benzene rings is 2. The fourth-order valence-electron chi connectivity index (χ4n) is 2.72. The van der Waals surface area contributed by atoms with E-state index in [9.17, 15) is 4.79 Å². The van der Waals surface area contributed by atoms with Gasteiger partial charge < -0.3 is 4.57 Å². The molecule has 0 saturated heterocycles. The smallest absolute Gasteiger partial charge is 0.279 e. The third-order valence-electron chi connectivity index (χ3n) is 3.70. The number of hydrogen-bond acceptors (Lipinski definition) is 2. The quantitative estimate of drug-likeness (QED) is 0.671. The molecule has 3 nitrogen and oxygen atoms in total. The van der Waals surface area contributed by atoms with Crippen molar-refractivity contribution < 1.29 is 4.79 Å². The van der Waals surface area contributed by atoms with Crippen LogP contribution in [0.2, 0.25) is 0 Å². The number of nitrogens with zero attached hydrogens (tertiary/aromatic N) is 2. The summed E-state index contributed by atoms with van der Waals surface area (Å²) in [6.45, 7) is 6.15. The van der Waals surface area contributed by atoms with Gasteiger partial charge in [0.2, 0.25) is 0 Å². The summed E-state index contributed by atoms with van der Waals surface area (Å²) in [5, 5.41) is 0. The molecule has 0 aliphatic carbocycles. The fourth-order valence-corrected chi connectivity index (χ4v) is 3.91. The molecule has 0 radical (unpaired) electrons. The number of carbonyl (C=O) groups excluding carboxylic acids is 1. The van der Waals surface area contributed by atoms with Gasteiger partial charge in [-0.2, -0.15) is 4.99 Å². The first-order valence-corrected chi connectivity index (χ1v) is 8.00. The molecule has 0 unspecified atom stereocenters. The second-order valence-corrected chi connectivity index (χ2v) is 6.67. The van der Waals surface area contributed by atoms with Crippen LogP contribution in [0, 0.1) is 20.8 Å². The Morgan fingerprint density at radius 2 is 1.86 bits per heavy atom. The van der Waals surface area contributed by atoms with Crippen molar-refractivity contribution in [2.24, 2.45) is 12.0 Å². The Balaban J connectivity index is 2.16. The highest BCUT2D eigenvalue weighted by Crippen LogP contribution is 2.22. The van der Waals surface area contributed by atoms with Crippen molar-refractivity contribution in [3.63, 3.8) is 0 Å². The number of fused-ring (bicyclic) bond motifs is 1. The van der Waals surface area contributed by atoms with E-state index in [2.05, 4.69) is 31.0 Å². The van der Waals surface area contributed by atoms with Gasteiger partial charge in [0.1, 0.15) is 0 Å². The summed E-state index contributed by atoms with van der Waals surface area (Å²) in [7, 11) is 1.96. The van der Waals surface area contributed by atoms with Crippen LogP contribution in [0.1, 0.15) is 27.0 Å². The summed E-state index contributed by atoms with van der Waals surface area (Å²) in [6, 6.07) is 11.8. The Morgan fingerprint density at radius 1 is 1.09 bits per heavy atom. The minimum Gasteiger partial charge on any atom is -0.319 e. The van der Waals surface area contributed by atoms with Crippen LogP contribution in [0.3, 0.4) is 0 Å². The monoisotopic (exact) mass is 310 g/mol. The molecule has 1 aromatic heterocycles. The van der Waals surface area contributed by atoms with E-state index < -0.39 is 0 Å². The van der Waals surface area contributed by atoms with E-state index in [1.54, 1.807) is 11.3 Å². The SMILES string of the molecule is Cc1cccc(C(=O)N=c2sc3cc(C)cc(C)c3n2C)c1. The molecule has 1 amide bonds. The topological polar surface area (TPSA) is 34.4 Å². The first-order valence-electron chi connectivity index (χ1n) is 7.18. The van der Waals surface area contributed by atoms with Gasteiger partial charge in [-0.1, -0.05) is 35.1 Å². The van der Waals surface area contributed by atoms with Gasteiger partial charge in [0.15, 0.2) is 4.80 Å². The molecule has 0 fully saturated rings. The van der Waals surface area contributed by atoms with E-state index in [0.717, 1.165) is 20.6 Å². The first-order chi connectivity index (χ1) is 10.5. The lowest BCUT2D eigenvalue weighted by molar-refractivity contribution is 0.0998. The van der Waals surface area contributed by atoms with Crippen LogP contribution in [0.25, 0.3) is 10.2 Å². The molecule has 112 valence electrons. The van der Waals surface area contributed by atoms with Crippen molar-refractivity contribution in [3.05, 3.63) is 63.5 Å². The summed E-state index contributed by atoms with van der Waals surface area (Å²) < 4.78 is 3.17.